The van der Waals surface area contributed by atoms with Gasteiger partial charge < -0.3 is 41.5 Å². The number of H-pyrrole nitrogens is 1. The molecule has 12 aromatic carbocycles. The fourth-order valence-corrected chi connectivity index (χ4v) is 22.7. The molecule has 0 unspecified atom stereocenters. The molecule has 0 radical (unpaired) electrons. The van der Waals surface area contributed by atoms with Crippen LogP contribution in [0, 0.1) is 0 Å². The van der Waals surface area contributed by atoms with Gasteiger partial charge in [-0.1, -0.05) is 266 Å². The van der Waals surface area contributed by atoms with E-state index >= 15 is 0 Å². The van der Waals surface area contributed by atoms with E-state index in [1.54, 1.807) is 20.0 Å². The number of rotatable bonds is 35. The number of carbonyl (C=O) groups is 8. The molecule has 0 spiro atoms. The minimum absolute atomic E-state index is 0.0310. The van der Waals surface area contributed by atoms with E-state index in [0.29, 0.717) is 70.9 Å². The number of nitrogens with zero attached hydrogens (tertiary/aromatic N) is 17. The van der Waals surface area contributed by atoms with E-state index < -0.39 is 47.7 Å². The fraction of sp³-hybridized carbons (Fsp3) is 0.245. The summed E-state index contributed by atoms with van der Waals surface area (Å²) in [6.07, 6.45) is 15.4. The molecule has 0 bridgehead atoms. The van der Waals surface area contributed by atoms with Gasteiger partial charge in [-0.3, -0.25) is 66.5 Å². The molecule has 0 aliphatic heterocycles. The van der Waals surface area contributed by atoms with Crippen LogP contribution in [0.2, 0.25) is 5.28 Å². The predicted molar refractivity (Wildman–Crippen MR) is 583 cm³/mol. The van der Waals surface area contributed by atoms with E-state index in [9.17, 15) is 43.2 Å². The molecule has 44 heteroatoms. The number of aromatic nitrogens is 18. The Balaban J connectivity index is 0.000000118. The van der Waals surface area contributed by atoms with Crippen LogP contribution in [0.1, 0.15) is 153 Å². The number of nitrogens with one attached hydrogen (secondary N) is 2. The molecule has 36 nitrogen and oxygen atoms in total. The Bertz CT molecular complexity index is 8110. The van der Waals surface area contributed by atoms with Crippen molar-refractivity contribution in [1.29, 1.82) is 0 Å². The Morgan fingerprint density at radius 1 is 0.353 bits per heavy atom. The molecule has 23 rings (SSSR count). The molecule has 1 amide bonds. The second-order valence-corrected chi connectivity index (χ2v) is 42.4. The van der Waals surface area contributed by atoms with E-state index in [4.69, 9.17) is 53.1 Å². The highest BCUT2D eigenvalue weighted by Gasteiger charge is 2.34. The number of carboxylic acids is 7. The van der Waals surface area contributed by atoms with Crippen LogP contribution >= 0.6 is 98.1 Å². The van der Waals surface area contributed by atoms with Crippen molar-refractivity contribution >= 4 is 222 Å². The minimum atomic E-state index is -1.07. The van der Waals surface area contributed by atoms with Gasteiger partial charge in [0, 0.05) is 38.7 Å². The smallest absolute Gasteiger partial charge is 0.348 e. The number of benzene rings is 12. The SMILES string of the molecule is CCCc1ccc(-n2c(Br)nnc2SCC(=O)O)c2ccccc12.Nc1nnc(SCC(=O)O)n1-c1ccc(C2CC2)c2ccccc12.O=C(O)CCC(=O)Nc1nnc(SCC(=O)O)n1-c1ccc(C2CC2)c2ccccc12.O=C(O)CSc1n[nH]c(=O)n1-c1ccc(C2CC2)c2ccccc12.O=C(O)CSc1nnc(Cl)n1-c1ccc(C2CC2)c2ccccc12.O=C(O)CSc1nncn1-c1ccc(C2CC2)c2ccccc12. The number of carbonyl (C=O) groups excluding carboxylic acids is 1. The normalized spacial score (nSPS) is 13.5. The van der Waals surface area contributed by atoms with Crippen molar-refractivity contribution in [2.75, 3.05) is 45.6 Å². The molecule has 6 heterocycles. The van der Waals surface area contributed by atoms with E-state index in [1.807, 2.05) is 124 Å². The zero-order valence-corrected chi connectivity index (χ0v) is 87.3. The van der Waals surface area contributed by atoms with Crippen LogP contribution in [0.15, 0.2) is 265 Å². The van der Waals surface area contributed by atoms with Crippen LogP contribution in [0.5, 0.6) is 0 Å². The lowest BCUT2D eigenvalue weighted by Gasteiger charge is -2.15. The Hall–Kier alpha value is -14.7. The van der Waals surface area contributed by atoms with E-state index in [-0.39, 0.29) is 70.2 Å². The van der Waals surface area contributed by atoms with Gasteiger partial charge in [0.1, 0.15) is 6.33 Å². The average Bonchev–Trinajstić information content (AvgIpc) is 1.60. The largest absolute Gasteiger partial charge is 0.481 e. The molecule has 18 aromatic rings. The van der Waals surface area contributed by atoms with Gasteiger partial charge in [0.2, 0.25) is 27.8 Å². The maximum absolute atomic E-state index is 12.2. The minimum Gasteiger partial charge on any atom is -0.481 e. The molecule has 11 N–H and O–H groups in total. The van der Waals surface area contributed by atoms with Crippen molar-refractivity contribution in [3.05, 3.63) is 279 Å². The fourth-order valence-electron chi connectivity index (χ4n) is 17.9. The van der Waals surface area contributed by atoms with Gasteiger partial charge in [-0.05, 0) is 230 Å². The number of nitrogens with two attached hydrogens (primary N) is 1. The molecule has 766 valence electrons. The molecular weight excluding hydrogens is 2120 g/mol. The number of hydrogen-bond donors (Lipinski definition) is 10. The van der Waals surface area contributed by atoms with Gasteiger partial charge in [-0.2, -0.15) is 0 Å². The molecule has 0 atom stereocenters. The van der Waals surface area contributed by atoms with Crippen molar-refractivity contribution in [3.63, 3.8) is 0 Å². The van der Waals surface area contributed by atoms with Crippen molar-refractivity contribution in [1.82, 2.24) is 88.6 Å². The highest BCUT2D eigenvalue weighted by Crippen LogP contribution is 2.50. The number of amides is 1. The summed E-state index contributed by atoms with van der Waals surface area (Å²) in [6.45, 7) is 2.17. The van der Waals surface area contributed by atoms with Crippen molar-refractivity contribution < 1.29 is 74.1 Å². The monoisotopic (exact) mass is 2210 g/mol. The van der Waals surface area contributed by atoms with Gasteiger partial charge in [-0.15, -0.1) is 56.1 Å². The molecular formula is C106H96BrClN20O16S6. The Labute approximate surface area is 893 Å². The van der Waals surface area contributed by atoms with Crippen LogP contribution in [0.25, 0.3) is 98.8 Å². The summed E-state index contributed by atoms with van der Waals surface area (Å²) in [6, 6.07) is 73.6. The van der Waals surface area contributed by atoms with Gasteiger partial charge in [0.15, 0.2) is 30.9 Å². The summed E-state index contributed by atoms with van der Waals surface area (Å²) in [4.78, 5) is 101. The maximum Gasteiger partial charge on any atom is 0.348 e. The number of aliphatic carboxylic acids is 7. The van der Waals surface area contributed by atoms with E-state index in [0.717, 1.165) is 156 Å². The van der Waals surface area contributed by atoms with Gasteiger partial charge >= 0.3 is 47.5 Å². The number of aromatic amines is 1. The quantitative estimate of drug-likeness (QED) is 0.0165. The number of thioether (sulfide) groups is 6. The third-order valence-electron chi connectivity index (χ3n) is 25.1. The molecule has 5 aliphatic rings. The zero-order valence-electron chi connectivity index (χ0n) is 80.1. The third kappa shape index (κ3) is 25.0. The number of hydrogen-bond acceptors (Lipinski definition) is 27. The number of nitrogen functional groups attached to an aromatic ring is 1. The Morgan fingerprint density at radius 3 is 1.09 bits per heavy atom. The average molecular weight is 2210 g/mol. The topological polar surface area (TPSA) is 520 Å². The number of aryl methyl sites for hydroxylation is 1. The molecule has 6 aromatic heterocycles. The Morgan fingerprint density at radius 2 is 0.673 bits per heavy atom. The Kier molecular flexibility index (Phi) is 33.5. The van der Waals surface area contributed by atoms with E-state index in [1.165, 1.54) is 123 Å². The summed E-state index contributed by atoms with van der Waals surface area (Å²) >= 11 is 16.2. The van der Waals surface area contributed by atoms with Gasteiger partial charge in [0.25, 0.3) is 0 Å². The van der Waals surface area contributed by atoms with Crippen molar-refractivity contribution in [3.8, 4) is 34.1 Å². The molecule has 5 aliphatic carbocycles. The molecule has 150 heavy (non-hydrogen) atoms. The van der Waals surface area contributed by atoms with Gasteiger partial charge in [-0.25, -0.2) is 14.5 Å². The number of fused-ring (bicyclic) bond motifs is 6. The summed E-state index contributed by atoms with van der Waals surface area (Å²) in [7, 11) is 0. The highest BCUT2D eigenvalue weighted by atomic mass is 79.9. The predicted octanol–water partition coefficient (Wildman–Crippen LogP) is 21.0. The summed E-state index contributed by atoms with van der Waals surface area (Å²) in [5, 5.41) is 128. The number of halogens is 2. The van der Waals surface area contributed by atoms with Crippen molar-refractivity contribution in [2.24, 2.45) is 0 Å². The first-order valence-electron chi connectivity index (χ1n) is 47.9. The second-order valence-electron chi connectivity index (χ2n) is 35.7. The summed E-state index contributed by atoms with van der Waals surface area (Å²) < 4.78 is 10.8. The van der Waals surface area contributed by atoms with Gasteiger partial charge in [0.05, 0.1) is 75.1 Å². The van der Waals surface area contributed by atoms with E-state index in [2.05, 4.69) is 192 Å². The molecule has 5 fully saturated rings. The van der Waals surface area contributed by atoms with Crippen LogP contribution in [0.3, 0.4) is 0 Å². The highest BCUT2D eigenvalue weighted by molar-refractivity contribution is 9.10. The number of carboxylic acid groups (broad SMARTS) is 7. The lowest BCUT2D eigenvalue weighted by Crippen LogP contribution is -2.17. The number of anilines is 2. The first kappa shape index (κ1) is 105. The van der Waals surface area contributed by atoms with Crippen molar-refractivity contribution in [2.45, 2.75) is 157 Å². The summed E-state index contributed by atoms with van der Waals surface area (Å²) in [5.41, 5.74) is 18.8. The van der Waals surface area contributed by atoms with Crippen LogP contribution in [-0.2, 0) is 44.8 Å². The first-order valence-corrected chi connectivity index (χ1v) is 55.0. The van der Waals surface area contributed by atoms with Crippen LogP contribution < -0.4 is 16.7 Å². The summed E-state index contributed by atoms with van der Waals surface area (Å²) in [5.74, 6) is -4.24. The molecule has 0 saturated heterocycles. The lowest BCUT2D eigenvalue weighted by atomic mass is 9.99. The molecule has 5 saturated carbocycles. The first-order chi connectivity index (χ1) is 72.7. The second kappa shape index (κ2) is 47.8. The third-order valence-corrected chi connectivity index (χ3v) is 31.4. The zero-order chi connectivity index (χ0) is 105. The standard InChI is InChI=1S/C21H20N4O5S.C17H16BrN3O2S.C17H14ClN3O2S.C17H16N4O2S.C17H15N3O3S.C17H15N3O2S/c26-17(9-10-18(27)28)22-20-23-24-21(31-11-19(29)30)25(20)16-8-7-13(12-5-6-12)14-3-1-2-4-15(14)16;1-2-5-11-8-9-14(13-7-4-3-6-12(11)13)21-16(18)19-20-17(21)24-10-15(22)23;2*18-16-19-20-17(24-9-15(22)23)21(16)14-8-7-11(10-5-6-10)12-3-1-2-4-13(12)14;21-15(22)9-24-17-19-18-16(23)20(17)14-8-7-11(10-5-6-10)12-3-1-2-4-13(12)14;21-16(22)9-23-17-19-18-10-20(17)15-8-7-12(11-5-6-11)13-3-1-2-4-14(13)15/h1-4,7-8,12H,5-6,9-11H2,(H,27,28)(H,29,30)(H,22,23,26);3-4,6-9H,2,5,10H2,1H3,(H,22,23);1-4,7-8,10H,5-6,9H2,(H,22,23);1-4,7-8,10H,5-6,9H2,(H2,18,19)(H,22,23);1-4,7-8,10H,5-6,9H2,(H,18,23)(H,21,22);1-4,7-8,10-11H,5-6,9H2,(H,21,22). The maximum atomic E-state index is 12.2. The van der Waals surface area contributed by atoms with Crippen LogP contribution in [0.4, 0.5) is 11.9 Å². The lowest BCUT2D eigenvalue weighted by molar-refractivity contribution is -0.138. The van der Waals surface area contributed by atoms with Crippen LogP contribution in [-0.4, -0.2) is 207 Å².